The van der Waals surface area contributed by atoms with Gasteiger partial charge in [-0.05, 0) is 25.0 Å². The summed E-state index contributed by atoms with van der Waals surface area (Å²) in [4.78, 5) is -0.351. The lowest BCUT2D eigenvalue weighted by Gasteiger charge is -2.12. The van der Waals surface area contributed by atoms with Crippen LogP contribution in [-0.2, 0) is 9.84 Å². The van der Waals surface area contributed by atoms with E-state index in [1.165, 1.54) is 18.2 Å². The van der Waals surface area contributed by atoms with Gasteiger partial charge in [-0.15, -0.1) is 0 Å². The third kappa shape index (κ3) is 3.51. The Hall–Kier alpha value is -0.980. The van der Waals surface area contributed by atoms with E-state index in [0.717, 1.165) is 18.9 Å². The van der Waals surface area contributed by atoms with Crippen LogP contribution in [0.3, 0.4) is 0 Å². The third-order valence-electron chi connectivity index (χ3n) is 2.80. The maximum absolute atomic E-state index is 13.4. The van der Waals surface area contributed by atoms with E-state index in [4.69, 9.17) is 0 Å². The molecule has 18 heavy (non-hydrogen) atoms. The van der Waals surface area contributed by atoms with Crippen molar-refractivity contribution in [2.45, 2.75) is 29.9 Å². The molecule has 100 valence electrons. The van der Waals surface area contributed by atoms with Crippen molar-refractivity contribution in [2.24, 2.45) is 0 Å². The van der Waals surface area contributed by atoms with Gasteiger partial charge in [-0.1, -0.05) is 12.1 Å². The Morgan fingerprint density at radius 2 is 2.06 bits per heavy atom. The summed E-state index contributed by atoms with van der Waals surface area (Å²) in [6.07, 6.45) is 1.11. The maximum Gasteiger partial charge on any atom is 0.183 e. The van der Waals surface area contributed by atoms with E-state index in [9.17, 15) is 17.9 Å². The van der Waals surface area contributed by atoms with E-state index < -0.39 is 27.5 Å². The highest BCUT2D eigenvalue weighted by Gasteiger charge is 2.25. The van der Waals surface area contributed by atoms with Crippen LogP contribution in [-0.4, -0.2) is 38.0 Å². The summed E-state index contributed by atoms with van der Waals surface area (Å²) in [7, 11) is -3.78. The molecule has 0 radical (unpaired) electrons. The predicted molar refractivity (Wildman–Crippen MR) is 65.5 cm³/mol. The van der Waals surface area contributed by atoms with Crippen molar-refractivity contribution in [3.05, 3.63) is 30.1 Å². The number of rotatable bonds is 6. The first-order valence-corrected chi connectivity index (χ1v) is 7.53. The van der Waals surface area contributed by atoms with Crippen LogP contribution in [0.2, 0.25) is 0 Å². The molecule has 1 aliphatic carbocycles. The molecule has 2 rings (SSSR count). The van der Waals surface area contributed by atoms with Crippen molar-refractivity contribution >= 4 is 9.84 Å². The lowest BCUT2D eigenvalue weighted by molar-refractivity contribution is 0.193. The zero-order chi connectivity index (χ0) is 13.2. The van der Waals surface area contributed by atoms with Gasteiger partial charge in [0.15, 0.2) is 9.84 Å². The molecule has 0 aliphatic heterocycles. The summed E-state index contributed by atoms with van der Waals surface area (Å²) < 4.78 is 37.2. The minimum absolute atomic E-state index is 0.221. The summed E-state index contributed by atoms with van der Waals surface area (Å²) in [5.74, 6) is -1.24. The Morgan fingerprint density at radius 3 is 2.67 bits per heavy atom. The molecule has 0 heterocycles. The fourth-order valence-corrected chi connectivity index (χ4v) is 3.14. The van der Waals surface area contributed by atoms with E-state index in [0.29, 0.717) is 6.04 Å². The standard InChI is InChI=1S/C12H16FNO3S/c13-11-3-1-2-4-12(11)18(16,17)8-10(15)7-14-9-5-6-9/h1-4,9-10,14-15H,5-8H2. The van der Waals surface area contributed by atoms with Crippen LogP contribution in [0.4, 0.5) is 4.39 Å². The second-order valence-electron chi connectivity index (χ2n) is 4.55. The van der Waals surface area contributed by atoms with Crippen molar-refractivity contribution < 1.29 is 17.9 Å². The topological polar surface area (TPSA) is 66.4 Å². The predicted octanol–water partition coefficient (Wildman–Crippen LogP) is 0.712. The molecule has 0 spiro atoms. The number of halogens is 1. The molecule has 4 nitrogen and oxygen atoms in total. The van der Waals surface area contributed by atoms with Crippen LogP contribution in [0.5, 0.6) is 0 Å². The zero-order valence-corrected chi connectivity index (χ0v) is 10.7. The monoisotopic (exact) mass is 273 g/mol. The van der Waals surface area contributed by atoms with Gasteiger partial charge in [0.2, 0.25) is 0 Å². The highest BCUT2D eigenvalue weighted by Crippen LogP contribution is 2.19. The third-order valence-corrected chi connectivity index (χ3v) is 4.63. The molecule has 2 N–H and O–H groups in total. The lowest BCUT2D eigenvalue weighted by Crippen LogP contribution is -2.33. The van der Waals surface area contributed by atoms with Gasteiger partial charge < -0.3 is 10.4 Å². The largest absolute Gasteiger partial charge is 0.391 e. The molecule has 0 saturated heterocycles. The molecule has 1 saturated carbocycles. The number of benzene rings is 1. The van der Waals surface area contributed by atoms with Gasteiger partial charge >= 0.3 is 0 Å². The number of nitrogens with one attached hydrogen (secondary N) is 1. The van der Waals surface area contributed by atoms with Crippen molar-refractivity contribution in [1.82, 2.24) is 5.32 Å². The van der Waals surface area contributed by atoms with E-state index >= 15 is 0 Å². The van der Waals surface area contributed by atoms with Gasteiger partial charge in [0.1, 0.15) is 10.7 Å². The first-order valence-electron chi connectivity index (χ1n) is 5.88. The van der Waals surface area contributed by atoms with Crippen molar-refractivity contribution in [3.8, 4) is 0 Å². The number of hydrogen-bond acceptors (Lipinski definition) is 4. The second kappa shape index (κ2) is 5.34. The summed E-state index contributed by atoms with van der Waals surface area (Å²) in [5, 5.41) is 12.7. The summed E-state index contributed by atoms with van der Waals surface area (Å²) in [6, 6.07) is 5.60. The molecule has 6 heteroatoms. The van der Waals surface area contributed by atoms with E-state index in [1.807, 2.05) is 0 Å². The van der Waals surface area contributed by atoms with Gasteiger partial charge in [-0.25, -0.2) is 12.8 Å². The van der Waals surface area contributed by atoms with E-state index in [2.05, 4.69) is 5.32 Å². The Balaban J connectivity index is 1.99. The first-order chi connectivity index (χ1) is 8.49. The average molecular weight is 273 g/mol. The van der Waals surface area contributed by atoms with Crippen LogP contribution in [0, 0.1) is 5.82 Å². The SMILES string of the molecule is O=S(=O)(CC(O)CNC1CC1)c1ccccc1F. The molecule has 1 aromatic carbocycles. The van der Waals surface area contributed by atoms with Crippen LogP contribution < -0.4 is 5.32 Å². The quantitative estimate of drug-likeness (QED) is 0.801. The van der Waals surface area contributed by atoms with E-state index in [-0.39, 0.29) is 11.4 Å². The van der Waals surface area contributed by atoms with Gasteiger partial charge in [0.05, 0.1) is 11.9 Å². The van der Waals surface area contributed by atoms with Crippen molar-refractivity contribution in [2.75, 3.05) is 12.3 Å². The van der Waals surface area contributed by atoms with E-state index in [1.54, 1.807) is 0 Å². The van der Waals surface area contributed by atoms with Gasteiger partial charge in [-0.3, -0.25) is 0 Å². The van der Waals surface area contributed by atoms with Gasteiger partial charge in [0.25, 0.3) is 0 Å². The summed E-state index contributed by atoms with van der Waals surface area (Å²) in [5.41, 5.74) is 0. The Kier molecular flexibility index (Phi) is 3.99. The van der Waals surface area contributed by atoms with Crippen molar-refractivity contribution in [3.63, 3.8) is 0 Å². The number of sulfone groups is 1. The Labute approximate surface area is 106 Å². The van der Waals surface area contributed by atoms with Crippen molar-refractivity contribution in [1.29, 1.82) is 0 Å². The fourth-order valence-electron chi connectivity index (χ4n) is 1.69. The molecule has 1 atom stereocenters. The van der Waals surface area contributed by atoms with Crippen LogP contribution in [0.25, 0.3) is 0 Å². The minimum Gasteiger partial charge on any atom is -0.391 e. The molecule has 1 fully saturated rings. The first kappa shape index (κ1) is 13.5. The number of hydrogen-bond donors (Lipinski definition) is 2. The molecule has 0 amide bonds. The molecule has 1 aromatic rings. The highest BCUT2D eigenvalue weighted by atomic mass is 32.2. The zero-order valence-electron chi connectivity index (χ0n) is 9.84. The Bertz CT molecular complexity index is 514. The summed E-state index contributed by atoms with van der Waals surface area (Å²) >= 11 is 0. The minimum atomic E-state index is -3.78. The second-order valence-corrected chi connectivity index (χ2v) is 6.55. The summed E-state index contributed by atoms with van der Waals surface area (Å²) in [6.45, 7) is 0.221. The molecular formula is C12H16FNO3S. The molecule has 1 aliphatic rings. The molecule has 0 aromatic heterocycles. The van der Waals surface area contributed by atoms with Crippen LogP contribution in [0.1, 0.15) is 12.8 Å². The number of aliphatic hydroxyl groups is 1. The molecular weight excluding hydrogens is 257 g/mol. The van der Waals surface area contributed by atoms with Crippen LogP contribution in [0.15, 0.2) is 29.2 Å². The smallest absolute Gasteiger partial charge is 0.183 e. The molecule has 0 bridgehead atoms. The molecule has 1 unspecified atom stereocenters. The maximum atomic E-state index is 13.4. The average Bonchev–Trinajstić information content (AvgIpc) is 3.10. The lowest BCUT2D eigenvalue weighted by atomic mass is 10.3. The highest BCUT2D eigenvalue weighted by molar-refractivity contribution is 7.91. The number of aliphatic hydroxyl groups excluding tert-OH is 1. The Morgan fingerprint density at radius 1 is 1.39 bits per heavy atom. The fraction of sp³-hybridized carbons (Fsp3) is 0.500. The van der Waals surface area contributed by atoms with Gasteiger partial charge in [0, 0.05) is 12.6 Å². The van der Waals surface area contributed by atoms with Gasteiger partial charge in [-0.2, -0.15) is 0 Å². The normalized spacial score (nSPS) is 17.7. The van der Waals surface area contributed by atoms with Crippen LogP contribution >= 0.6 is 0 Å².